The molecule has 0 saturated heterocycles. The van der Waals surface area contributed by atoms with Crippen molar-refractivity contribution in [1.29, 1.82) is 0 Å². The van der Waals surface area contributed by atoms with E-state index in [2.05, 4.69) is 24.1 Å². The molecule has 1 aromatic rings. The summed E-state index contributed by atoms with van der Waals surface area (Å²) in [7, 11) is 0. The van der Waals surface area contributed by atoms with E-state index in [1.165, 1.54) is 0 Å². The van der Waals surface area contributed by atoms with E-state index in [1.54, 1.807) is 6.20 Å². The lowest BCUT2D eigenvalue weighted by atomic mass is 10.3. The van der Waals surface area contributed by atoms with Crippen molar-refractivity contribution in [2.75, 3.05) is 5.32 Å². The molecule has 0 radical (unpaired) electrons. The van der Waals surface area contributed by atoms with Crippen LogP contribution in [0.15, 0.2) is 18.3 Å². The first-order valence-electron chi connectivity index (χ1n) is 4.98. The van der Waals surface area contributed by atoms with Crippen LogP contribution in [0.3, 0.4) is 0 Å². The Hall–Kier alpha value is -1.25. The van der Waals surface area contributed by atoms with Gasteiger partial charge in [-0.2, -0.15) is 0 Å². The quantitative estimate of drug-likeness (QED) is 0.800. The van der Waals surface area contributed by atoms with Crippen molar-refractivity contribution in [2.24, 2.45) is 0 Å². The number of nitrogens with zero attached hydrogens (tertiary/aromatic N) is 1. The third kappa shape index (κ3) is 3.24. The van der Waals surface area contributed by atoms with Crippen LogP contribution < -0.4 is 10.1 Å². The van der Waals surface area contributed by atoms with Crippen LogP contribution >= 0.6 is 0 Å². The number of nitrogens with one attached hydrogen (secondary N) is 1. The Labute approximate surface area is 85.5 Å². The van der Waals surface area contributed by atoms with Crippen LogP contribution in [0.5, 0.6) is 5.75 Å². The van der Waals surface area contributed by atoms with E-state index in [0.717, 1.165) is 11.6 Å². The van der Waals surface area contributed by atoms with Gasteiger partial charge in [0.05, 0.1) is 6.10 Å². The highest BCUT2D eigenvalue weighted by molar-refractivity contribution is 5.49. The summed E-state index contributed by atoms with van der Waals surface area (Å²) < 4.78 is 5.62. The van der Waals surface area contributed by atoms with Crippen LogP contribution in [0.4, 0.5) is 5.82 Å². The number of ether oxygens (including phenoxy) is 1. The molecule has 14 heavy (non-hydrogen) atoms. The average molecular weight is 194 g/mol. The molecule has 0 aliphatic heterocycles. The van der Waals surface area contributed by atoms with E-state index in [0.29, 0.717) is 6.04 Å². The highest BCUT2D eigenvalue weighted by atomic mass is 16.5. The Bertz CT molecular complexity index is 255. The highest BCUT2D eigenvalue weighted by Crippen LogP contribution is 2.22. The fourth-order valence-electron chi connectivity index (χ4n) is 1.12. The molecule has 0 unspecified atom stereocenters. The fraction of sp³-hybridized carbons (Fsp3) is 0.545. The van der Waals surface area contributed by atoms with E-state index in [9.17, 15) is 0 Å². The molecule has 0 spiro atoms. The van der Waals surface area contributed by atoms with Crippen molar-refractivity contribution in [3.05, 3.63) is 18.3 Å². The Morgan fingerprint density at radius 3 is 2.57 bits per heavy atom. The van der Waals surface area contributed by atoms with Crippen molar-refractivity contribution < 1.29 is 4.74 Å². The van der Waals surface area contributed by atoms with Gasteiger partial charge in [0.25, 0.3) is 0 Å². The molecule has 3 nitrogen and oxygen atoms in total. The summed E-state index contributed by atoms with van der Waals surface area (Å²) in [4.78, 5) is 4.24. The third-order valence-corrected chi connectivity index (χ3v) is 1.56. The molecule has 0 bridgehead atoms. The van der Waals surface area contributed by atoms with Gasteiger partial charge in [0, 0.05) is 12.2 Å². The molecule has 0 amide bonds. The molecular formula is C11H18N2O. The Morgan fingerprint density at radius 1 is 1.29 bits per heavy atom. The smallest absolute Gasteiger partial charge is 0.168 e. The molecule has 1 rings (SSSR count). The molecule has 3 heteroatoms. The fourth-order valence-corrected chi connectivity index (χ4v) is 1.12. The Kier molecular flexibility index (Phi) is 3.74. The summed E-state index contributed by atoms with van der Waals surface area (Å²) in [6, 6.07) is 4.17. The van der Waals surface area contributed by atoms with Crippen LogP contribution in [0.25, 0.3) is 0 Å². The molecule has 1 N–H and O–H groups in total. The molecule has 1 heterocycles. The summed E-state index contributed by atoms with van der Waals surface area (Å²) in [6.07, 6.45) is 1.93. The number of hydrogen-bond donors (Lipinski definition) is 1. The zero-order chi connectivity index (χ0) is 10.6. The maximum Gasteiger partial charge on any atom is 0.168 e. The van der Waals surface area contributed by atoms with E-state index in [4.69, 9.17) is 4.74 Å². The van der Waals surface area contributed by atoms with Gasteiger partial charge in [-0.3, -0.25) is 0 Å². The zero-order valence-corrected chi connectivity index (χ0v) is 9.24. The van der Waals surface area contributed by atoms with Gasteiger partial charge in [0.2, 0.25) is 0 Å². The monoisotopic (exact) mass is 194 g/mol. The number of anilines is 1. The van der Waals surface area contributed by atoms with E-state index >= 15 is 0 Å². The molecule has 0 atom stereocenters. The lowest BCUT2D eigenvalue weighted by Crippen LogP contribution is -2.14. The zero-order valence-electron chi connectivity index (χ0n) is 9.24. The van der Waals surface area contributed by atoms with Crippen molar-refractivity contribution in [1.82, 2.24) is 4.98 Å². The maximum absolute atomic E-state index is 5.62. The standard InChI is InChI=1S/C11H18N2O/c1-8(2)13-11-10(14-9(3)4)6-5-7-12-11/h5-9H,1-4H3,(H,12,13). The van der Waals surface area contributed by atoms with E-state index in [-0.39, 0.29) is 6.10 Å². The summed E-state index contributed by atoms with van der Waals surface area (Å²) >= 11 is 0. The number of pyridine rings is 1. The molecule has 0 fully saturated rings. The van der Waals surface area contributed by atoms with Gasteiger partial charge in [-0.1, -0.05) is 0 Å². The van der Waals surface area contributed by atoms with Gasteiger partial charge >= 0.3 is 0 Å². The summed E-state index contributed by atoms with van der Waals surface area (Å²) in [5.74, 6) is 1.63. The second-order valence-electron chi connectivity index (χ2n) is 3.82. The normalized spacial score (nSPS) is 10.7. The maximum atomic E-state index is 5.62. The first kappa shape index (κ1) is 10.8. The minimum Gasteiger partial charge on any atom is -0.487 e. The van der Waals surface area contributed by atoms with Gasteiger partial charge in [0.1, 0.15) is 0 Å². The lowest BCUT2D eigenvalue weighted by molar-refractivity contribution is 0.242. The van der Waals surface area contributed by atoms with E-state index < -0.39 is 0 Å². The number of rotatable bonds is 4. The average Bonchev–Trinajstić information content (AvgIpc) is 2.06. The SMILES string of the molecule is CC(C)Nc1ncccc1OC(C)C. The predicted octanol–water partition coefficient (Wildman–Crippen LogP) is 2.69. The first-order valence-corrected chi connectivity index (χ1v) is 4.98. The van der Waals surface area contributed by atoms with Gasteiger partial charge in [0.15, 0.2) is 11.6 Å². The van der Waals surface area contributed by atoms with Crippen LogP contribution in [-0.2, 0) is 0 Å². The minimum atomic E-state index is 0.173. The Morgan fingerprint density at radius 2 is 2.00 bits per heavy atom. The second-order valence-corrected chi connectivity index (χ2v) is 3.82. The lowest BCUT2D eigenvalue weighted by Gasteiger charge is -2.15. The molecule has 0 aliphatic carbocycles. The number of hydrogen-bond acceptors (Lipinski definition) is 3. The van der Waals surface area contributed by atoms with Gasteiger partial charge in [-0.15, -0.1) is 0 Å². The summed E-state index contributed by atoms with van der Waals surface area (Å²) in [6.45, 7) is 8.17. The molecule has 0 saturated carbocycles. The first-order chi connectivity index (χ1) is 6.59. The second kappa shape index (κ2) is 4.84. The molecule has 0 aliphatic rings. The molecular weight excluding hydrogens is 176 g/mol. The topological polar surface area (TPSA) is 34.2 Å². The van der Waals surface area contributed by atoms with Crippen LogP contribution in [-0.4, -0.2) is 17.1 Å². The minimum absolute atomic E-state index is 0.173. The summed E-state index contributed by atoms with van der Waals surface area (Å²) in [5, 5.41) is 3.24. The van der Waals surface area contributed by atoms with Crippen molar-refractivity contribution in [2.45, 2.75) is 39.8 Å². The summed E-state index contributed by atoms with van der Waals surface area (Å²) in [5.41, 5.74) is 0. The van der Waals surface area contributed by atoms with Gasteiger partial charge in [-0.25, -0.2) is 4.98 Å². The van der Waals surface area contributed by atoms with Crippen LogP contribution in [0.1, 0.15) is 27.7 Å². The molecule has 78 valence electrons. The third-order valence-electron chi connectivity index (χ3n) is 1.56. The predicted molar refractivity (Wildman–Crippen MR) is 58.8 cm³/mol. The van der Waals surface area contributed by atoms with Crippen molar-refractivity contribution in [3.63, 3.8) is 0 Å². The van der Waals surface area contributed by atoms with Gasteiger partial charge in [-0.05, 0) is 39.8 Å². The number of aromatic nitrogens is 1. The largest absolute Gasteiger partial charge is 0.487 e. The van der Waals surface area contributed by atoms with Crippen molar-refractivity contribution >= 4 is 5.82 Å². The molecule has 0 aromatic carbocycles. The van der Waals surface area contributed by atoms with Gasteiger partial charge < -0.3 is 10.1 Å². The highest BCUT2D eigenvalue weighted by Gasteiger charge is 2.06. The van der Waals surface area contributed by atoms with E-state index in [1.807, 2.05) is 26.0 Å². The van der Waals surface area contributed by atoms with Crippen LogP contribution in [0.2, 0.25) is 0 Å². The van der Waals surface area contributed by atoms with Crippen molar-refractivity contribution in [3.8, 4) is 5.75 Å². The molecule has 1 aromatic heterocycles. The van der Waals surface area contributed by atoms with Crippen LogP contribution in [0, 0.1) is 0 Å². The Balaban J connectivity index is 2.80.